The van der Waals surface area contributed by atoms with E-state index in [1.807, 2.05) is 27.7 Å². The minimum atomic E-state index is -0.952. The fraction of sp³-hybridized carbons (Fsp3) is 0.833. The third-order valence-corrected chi connectivity index (χ3v) is 3.10. The van der Waals surface area contributed by atoms with Gasteiger partial charge in [-0.05, 0) is 12.3 Å². The van der Waals surface area contributed by atoms with Crippen LogP contribution < -0.4 is 5.32 Å². The quantitative estimate of drug-likeness (QED) is 0.702. The molecule has 0 fully saturated rings. The monoisotopic (exact) mass is 229 g/mol. The third kappa shape index (κ3) is 4.64. The van der Waals surface area contributed by atoms with Crippen molar-refractivity contribution in [2.75, 3.05) is 0 Å². The zero-order valence-electron chi connectivity index (χ0n) is 10.6. The van der Waals surface area contributed by atoms with Gasteiger partial charge in [0.05, 0.1) is 0 Å². The SMILES string of the molecule is CCC[C@H](NC(=O)[C@@H](C)[C@@H](C)CC)C(=O)O. The van der Waals surface area contributed by atoms with Gasteiger partial charge in [0.2, 0.25) is 5.91 Å². The topological polar surface area (TPSA) is 66.4 Å². The summed E-state index contributed by atoms with van der Waals surface area (Å²) in [5.74, 6) is -0.971. The number of nitrogens with one attached hydrogen (secondary N) is 1. The normalized spacial score (nSPS) is 16.2. The van der Waals surface area contributed by atoms with Gasteiger partial charge < -0.3 is 10.4 Å². The highest BCUT2D eigenvalue weighted by Gasteiger charge is 2.24. The van der Waals surface area contributed by atoms with Crippen LogP contribution in [0.5, 0.6) is 0 Å². The zero-order chi connectivity index (χ0) is 12.7. The third-order valence-electron chi connectivity index (χ3n) is 3.10. The number of amides is 1. The standard InChI is InChI=1S/C12H23NO3/c1-5-7-10(12(15)16)13-11(14)9(4)8(3)6-2/h8-10H,5-7H2,1-4H3,(H,13,14)(H,15,16)/t8-,9-,10-/m0/s1. The molecular formula is C12H23NO3. The van der Waals surface area contributed by atoms with E-state index in [1.165, 1.54) is 0 Å². The maximum absolute atomic E-state index is 11.8. The summed E-state index contributed by atoms with van der Waals surface area (Å²) in [5.41, 5.74) is 0. The summed E-state index contributed by atoms with van der Waals surface area (Å²) in [4.78, 5) is 22.6. The van der Waals surface area contributed by atoms with Crippen molar-refractivity contribution in [3.05, 3.63) is 0 Å². The molecule has 0 aromatic heterocycles. The largest absolute Gasteiger partial charge is 0.480 e. The lowest BCUT2D eigenvalue weighted by atomic mass is 9.92. The van der Waals surface area contributed by atoms with Crippen LogP contribution in [0.15, 0.2) is 0 Å². The van der Waals surface area contributed by atoms with E-state index in [0.29, 0.717) is 6.42 Å². The van der Waals surface area contributed by atoms with Gasteiger partial charge in [-0.15, -0.1) is 0 Å². The van der Waals surface area contributed by atoms with E-state index < -0.39 is 12.0 Å². The average molecular weight is 229 g/mol. The molecule has 0 spiro atoms. The van der Waals surface area contributed by atoms with Gasteiger partial charge in [0.25, 0.3) is 0 Å². The summed E-state index contributed by atoms with van der Waals surface area (Å²) >= 11 is 0. The number of carboxylic acid groups (broad SMARTS) is 1. The number of carboxylic acids is 1. The van der Waals surface area contributed by atoms with Gasteiger partial charge in [-0.2, -0.15) is 0 Å². The Bertz CT molecular complexity index is 240. The molecule has 3 atom stereocenters. The second-order valence-corrected chi connectivity index (χ2v) is 4.36. The molecule has 0 saturated carbocycles. The van der Waals surface area contributed by atoms with Gasteiger partial charge in [0.15, 0.2) is 0 Å². The molecule has 16 heavy (non-hydrogen) atoms. The van der Waals surface area contributed by atoms with Crippen LogP contribution in [-0.2, 0) is 9.59 Å². The van der Waals surface area contributed by atoms with Gasteiger partial charge in [-0.1, -0.05) is 40.5 Å². The predicted octanol–water partition coefficient (Wildman–Crippen LogP) is 2.04. The number of carbonyl (C=O) groups is 2. The van der Waals surface area contributed by atoms with Crippen molar-refractivity contribution < 1.29 is 14.7 Å². The number of hydrogen-bond acceptors (Lipinski definition) is 2. The van der Waals surface area contributed by atoms with Crippen LogP contribution in [0, 0.1) is 11.8 Å². The van der Waals surface area contributed by atoms with E-state index in [1.54, 1.807) is 0 Å². The van der Waals surface area contributed by atoms with Gasteiger partial charge in [0.1, 0.15) is 6.04 Å². The van der Waals surface area contributed by atoms with Crippen LogP contribution in [0.1, 0.15) is 47.0 Å². The highest BCUT2D eigenvalue weighted by molar-refractivity contribution is 5.84. The van der Waals surface area contributed by atoms with Crippen LogP contribution >= 0.6 is 0 Å². The Kier molecular flexibility index (Phi) is 6.77. The first kappa shape index (κ1) is 14.9. The number of aliphatic carboxylic acids is 1. The lowest BCUT2D eigenvalue weighted by Crippen LogP contribution is -2.44. The first-order valence-electron chi connectivity index (χ1n) is 5.97. The van der Waals surface area contributed by atoms with E-state index in [-0.39, 0.29) is 17.7 Å². The average Bonchev–Trinajstić information content (AvgIpc) is 2.25. The van der Waals surface area contributed by atoms with Crippen LogP contribution in [0.25, 0.3) is 0 Å². The summed E-state index contributed by atoms with van der Waals surface area (Å²) in [6.07, 6.45) is 2.14. The lowest BCUT2D eigenvalue weighted by Gasteiger charge is -2.20. The minimum absolute atomic E-state index is 0.135. The van der Waals surface area contributed by atoms with E-state index >= 15 is 0 Å². The number of hydrogen-bond donors (Lipinski definition) is 2. The Morgan fingerprint density at radius 2 is 1.81 bits per heavy atom. The summed E-state index contributed by atoms with van der Waals surface area (Å²) in [6, 6.07) is -0.746. The van der Waals surface area contributed by atoms with Crippen molar-refractivity contribution in [2.45, 2.75) is 53.0 Å². The van der Waals surface area contributed by atoms with Crippen LogP contribution in [0.2, 0.25) is 0 Å². The zero-order valence-corrected chi connectivity index (χ0v) is 10.6. The molecule has 94 valence electrons. The molecular weight excluding hydrogens is 206 g/mol. The van der Waals surface area contributed by atoms with Gasteiger partial charge in [0, 0.05) is 5.92 Å². The molecule has 0 saturated heterocycles. The summed E-state index contributed by atoms with van der Waals surface area (Å²) in [6.45, 7) is 7.77. The molecule has 0 aromatic carbocycles. The molecule has 4 nitrogen and oxygen atoms in total. The fourth-order valence-electron chi connectivity index (χ4n) is 1.46. The van der Waals surface area contributed by atoms with E-state index in [2.05, 4.69) is 5.32 Å². The molecule has 2 N–H and O–H groups in total. The first-order valence-corrected chi connectivity index (χ1v) is 5.97. The molecule has 0 radical (unpaired) electrons. The maximum Gasteiger partial charge on any atom is 0.326 e. The smallest absolute Gasteiger partial charge is 0.326 e. The van der Waals surface area contributed by atoms with E-state index in [0.717, 1.165) is 12.8 Å². The van der Waals surface area contributed by atoms with Crippen molar-refractivity contribution in [1.82, 2.24) is 5.32 Å². The van der Waals surface area contributed by atoms with Gasteiger partial charge in [-0.25, -0.2) is 4.79 Å². The Hall–Kier alpha value is -1.06. The maximum atomic E-state index is 11.8. The van der Waals surface area contributed by atoms with Crippen molar-refractivity contribution in [1.29, 1.82) is 0 Å². The summed E-state index contributed by atoms with van der Waals surface area (Å²) in [5, 5.41) is 11.5. The van der Waals surface area contributed by atoms with Crippen molar-refractivity contribution in [2.24, 2.45) is 11.8 Å². The second-order valence-electron chi connectivity index (χ2n) is 4.36. The lowest BCUT2D eigenvalue weighted by molar-refractivity contribution is -0.142. The van der Waals surface area contributed by atoms with Gasteiger partial charge >= 0.3 is 5.97 Å². The molecule has 0 aliphatic heterocycles. The molecule has 0 aliphatic rings. The molecule has 1 amide bonds. The number of carbonyl (C=O) groups excluding carboxylic acids is 1. The Morgan fingerprint density at radius 1 is 1.25 bits per heavy atom. The van der Waals surface area contributed by atoms with Crippen LogP contribution in [0.4, 0.5) is 0 Å². The summed E-state index contributed by atoms with van der Waals surface area (Å²) < 4.78 is 0. The molecule has 0 heterocycles. The first-order chi connectivity index (χ1) is 7.43. The Morgan fingerprint density at radius 3 is 2.19 bits per heavy atom. The Balaban J connectivity index is 4.34. The van der Waals surface area contributed by atoms with E-state index in [4.69, 9.17) is 5.11 Å². The van der Waals surface area contributed by atoms with E-state index in [9.17, 15) is 9.59 Å². The second kappa shape index (κ2) is 7.25. The van der Waals surface area contributed by atoms with Gasteiger partial charge in [-0.3, -0.25) is 4.79 Å². The molecule has 0 aliphatic carbocycles. The van der Waals surface area contributed by atoms with Crippen LogP contribution in [-0.4, -0.2) is 23.0 Å². The van der Waals surface area contributed by atoms with Crippen molar-refractivity contribution >= 4 is 11.9 Å². The minimum Gasteiger partial charge on any atom is -0.480 e. The molecule has 4 heteroatoms. The fourth-order valence-corrected chi connectivity index (χ4v) is 1.46. The van der Waals surface area contributed by atoms with Crippen LogP contribution in [0.3, 0.4) is 0 Å². The van der Waals surface area contributed by atoms with Crippen molar-refractivity contribution in [3.63, 3.8) is 0 Å². The predicted molar refractivity (Wildman–Crippen MR) is 63.1 cm³/mol. The van der Waals surface area contributed by atoms with Crippen molar-refractivity contribution in [3.8, 4) is 0 Å². The molecule has 0 bridgehead atoms. The highest BCUT2D eigenvalue weighted by atomic mass is 16.4. The molecule has 0 unspecified atom stereocenters. The number of rotatable bonds is 7. The summed E-state index contributed by atoms with van der Waals surface area (Å²) in [7, 11) is 0. The molecule has 0 rings (SSSR count). The highest BCUT2D eigenvalue weighted by Crippen LogP contribution is 2.14. The Labute approximate surface area is 97.4 Å². The molecule has 0 aromatic rings.